The standard InChI is InChI=1S/C12H8F3N3O3S/c13-12(14,15)21-8-4-2-1-3-6(8)10(20)18-11-17-7(5-22-11)9(16)19/h1-5H,(H2,16,19)(H,17,18,20). The molecule has 2 aromatic rings. The molecule has 2 amide bonds. The van der Waals surface area contributed by atoms with E-state index in [1.54, 1.807) is 0 Å². The summed E-state index contributed by atoms with van der Waals surface area (Å²) in [6, 6.07) is 4.86. The number of primary amides is 1. The van der Waals surface area contributed by atoms with Gasteiger partial charge in [0.1, 0.15) is 11.4 Å². The molecule has 0 radical (unpaired) electrons. The molecule has 0 unspecified atom stereocenters. The maximum atomic E-state index is 12.3. The van der Waals surface area contributed by atoms with Gasteiger partial charge in [-0.15, -0.1) is 24.5 Å². The molecule has 0 saturated carbocycles. The van der Waals surface area contributed by atoms with Gasteiger partial charge in [0.25, 0.3) is 11.8 Å². The highest BCUT2D eigenvalue weighted by Crippen LogP contribution is 2.27. The van der Waals surface area contributed by atoms with Gasteiger partial charge < -0.3 is 10.5 Å². The second-order valence-corrected chi connectivity index (χ2v) is 4.76. The monoisotopic (exact) mass is 331 g/mol. The van der Waals surface area contributed by atoms with Crippen LogP contribution in [0.15, 0.2) is 29.6 Å². The first kappa shape index (κ1) is 15.8. The number of para-hydroxylation sites is 1. The summed E-state index contributed by atoms with van der Waals surface area (Å²) in [6.07, 6.45) is -4.92. The van der Waals surface area contributed by atoms with E-state index in [-0.39, 0.29) is 16.4 Å². The lowest BCUT2D eigenvalue weighted by atomic mass is 10.2. The minimum Gasteiger partial charge on any atom is -0.405 e. The molecule has 10 heteroatoms. The van der Waals surface area contributed by atoms with Crippen molar-refractivity contribution in [1.29, 1.82) is 0 Å². The number of carbonyl (C=O) groups is 2. The van der Waals surface area contributed by atoms with Crippen molar-refractivity contribution >= 4 is 28.3 Å². The molecule has 0 aliphatic heterocycles. The number of benzene rings is 1. The summed E-state index contributed by atoms with van der Waals surface area (Å²) in [7, 11) is 0. The second-order valence-electron chi connectivity index (χ2n) is 3.90. The summed E-state index contributed by atoms with van der Waals surface area (Å²) < 4.78 is 40.6. The smallest absolute Gasteiger partial charge is 0.405 e. The molecule has 2 rings (SSSR count). The highest BCUT2D eigenvalue weighted by Gasteiger charge is 2.32. The molecule has 0 atom stereocenters. The van der Waals surface area contributed by atoms with E-state index in [1.165, 1.54) is 23.6 Å². The third-order valence-electron chi connectivity index (χ3n) is 2.33. The fourth-order valence-corrected chi connectivity index (χ4v) is 2.17. The van der Waals surface area contributed by atoms with E-state index in [2.05, 4.69) is 15.0 Å². The van der Waals surface area contributed by atoms with Crippen LogP contribution in [-0.4, -0.2) is 23.2 Å². The van der Waals surface area contributed by atoms with Crippen LogP contribution in [0.2, 0.25) is 0 Å². The zero-order chi connectivity index (χ0) is 16.3. The van der Waals surface area contributed by atoms with E-state index in [9.17, 15) is 22.8 Å². The number of nitrogens with one attached hydrogen (secondary N) is 1. The third kappa shape index (κ3) is 3.95. The Morgan fingerprint density at radius 3 is 2.55 bits per heavy atom. The van der Waals surface area contributed by atoms with E-state index < -0.39 is 23.9 Å². The van der Waals surface area contributed by atoms with Crippen LogP contribution in [-0.2, 0) is 0 Å². The molecular formula is C12H8F3N3O3S. The van der Waals surface area contributed by atoms with Crippen LogP contribution >= 0.6 is 11.3 Å². The van der Waals surface area contributed by atoms with Crippen molar-refractivity contribution < 1.29 is 27.5 Å². The highest BCUT2D eigenvalue weighted by atomic mass is 32.1. The van der Waals surface area contributed by atoms with Crippen LogP contribution in [0.5, 0.6) is 5.75 Å². The number of anilines is 1. The lowest BCUT2D eigenvalue weighted by Crippen LogP contribution is -2.21. The largest absolute Gasteiger partial charge is 0.573 e. The number of thiazole rings is 1. The van der Waals surface area contributed by atoms with E-state index in [4.69, 9.17) is 5.73 Å². The lowest BCUT2D eigenvalue weighted by molar-refractivity contribution is -0.274. The molecule has 0 aliphatic carbocycles. The number of amides is 2. The van der Waals surface area contributed by atoms with Gasteiger partial charge in [-0.1, -0.05) is 12.1 Å². The average molecular weight is 331 g/mol. The summed E-state index contributed by atoms with van der Waals surface area (Å²) in [5.41, 5.74) is 4.63. The zero-order valence-corrected chi connectivity index (χ0v) is 11.5. The van der Waals surface area contributed by atoms with Crippen LogP contribution < -0.4 is 15.8 Å². The Balaban J connectivity index is 2.20. The minimum absolute atomic E-state index is 0.0283. The van der Waals surface area contributed by atoms with Gasteiger partial charge in [0, 0.05) is 5.38 Å². The Morgan fingerprint density at radius 1 is 1.27 bits per heavy atom. The number of nitrogens with two attached hydrogens (primary N) is 1. The van der Waals surface area contributed by atoms with Gasteiger partial charge in [0.05, 0.1) is 5.56 Å². The van der Waals surface area contributed by atoms with Crippen LogP contribution in [0.3, 0.4) is 0 Å². The van der Waals surface area contributed by atoms with E-state index in [0.717, 1.165) is 17.4 Å². The summed E-state index contributed by atoms with van der Waals surface area (Å²) in [5, 5.41) is 3.62. The Morgan fingerprint density at radius 2 is 1.95 bits per heavy atom. The van der Waals surface area contributed by atoms with Crippen molar-refractivity contribution in [2.24, 2.45) is 5.73 Å². The van der Waals surface area contributed by atoms with Crippen molar-refractivity contribution in [2.45, 2.75) is 6.36 Å². The topological polar surface area (TPSA) is 94.3 Å². The minimum atomic E-state index is -4.92. The normalized spacial score (nSPS) is 11.0. The van der Waals surface area contributed by atoms with Crippen molar-refractivity contribution in [2.75, 3.05) is 5.32 Å². The molecule has 0 fully saturated rings. The summed E-state index contributed by atoms with van der Waals surface area (Å²) in [4.78, 5) is 26.6. The molecule has 1 heterocycles. The fraction of sp³-hybridized carbons (Fsp3) is 0.0833. The van der Waals surface area contributed by atoms with Crippen LogP contribution in [0.25, 0.3) is 0 Å². The predicted octanol–water partition coefficient (Wildman–Crippen LogP) is 2.39. The maximum Gasteiger partial charge on any atom is 0.573 e. The van der Waals surface area contributed by atoms with Crippen molar-refractivity contribution in [1.82, 2.24) is 4.98 Å². The summed E-state index contributed by atoms with van der Waals surface area (Å²) in [6.45, 7) is 0. The third-order valence-corrected chi connectivity index (χ3v) is 3.09. The first-order valence-corrected chi connectivity index (χ1v) is 6.55. The first-order chi connectivity index (χ1) is 10.3. The van der Waals surface area contributed by atoms with Gasteiger partial charge in [-0.05, 0) is 12.1 Å². The number of alkyl halides is 3. The van der Waals surface area contributed by atoms with Crippen LogP contribution in [0.4, 0.5) is 18.3 Å². The van der Waals surface area contributed by atoms with Crippen molar-refractivity contribution in [3.05, 3.63) is 40.9 Å². The Kier molecular flexibility index (Phi) is 4.31. The maximum absolute atomic E-state index is 12.3. The van der Waals surface area contributed by atoms with Gasteiger partial charge in [0.2, 0.25) is 0 Å². The van der Waals surface area contributed by atoms with Gasteiger partial charge in [-0.3, -0.25) is 14.9 Å². The van der Waals surface area contributed by atoms with Crippen molar-refractivity contribution in [3.63, 3.8) is 0 Å². The number of hydrogen-bond acceptors (Lipinski definition) is 5. The van der Waals surface area contributed by atoms with E-state index in [0.29, 0.717) is 0 Å². The van der Waals surface area contributed by atoms with Gasteiger partial charge in [0.15, 0.2) is 5.13 Å². The molecule has 0 aliphatic rings. The summed E-state index contributed by atoms with van der Waals surface area (Å²) in [5.74, 6) is -2.28. The van der Waals surface area contributed by atoms with Gasteiger partial charge >= 0.3 is 6.36 Å². The molecule has 0 saturated heterocycles. The van der Waals surface area contributed by atoms with E-state index in [1.807, 2.05) is 0 Å². The predicted molar refractivity (Wildman–Crippen MR) is 71.7 cm³/mol. The molecule has 1 aromatic heterocycles. The van der Waals surface area contributed by atoms with E-state index >= 15 is 0 Å². The zero-order valence-electron chi connectivity index (χ0n) is 10.7. The number of hydrogen-bond donors (Lipinski definition) is 2. The number of carbonyl (C=O) groups excluding carboxylic acids is 2. The number of halogens is 3. The van der Waals surface area contributed by atoms with Gasteiger partial charge in [-0.25, -0.2) is 4.98 Å². The summed E-state index contributed by atoms with van der Waals surface area (Å²) >= 11 is 0.913. The molecule has 22 heavy (non-hydrogen) atoms. The Bertz CT molecular complexity index is 715. The molecule has 0 bridgehead atoms. The SMILES string of the molecule is NC(=O)c1csc(NC(=O)c2ccccc2OC(F)(F)F)n1. The fourth-order valence-electron chi connectivity index (χ4n) is 1.48. The quantitative estimate of drug-likeness (QED) is 0.899. The lowest BCUT2D eigenvalue weighted by Gasteiger charge is -2.12. The average Bonchev–Trinajstić information content (AvgIpc) is 2.86. The molecule has 6 nitrogen and oxygen atoms in total. The second kappa shape index (κ2) is 6.02. The number of rotatable bonds is 4. The highest BCUT2D eigenvalue weighted by molar-refractivity contribution is 7.14. The first-order valence-electron chi connectivity index (χ1n) is 5.68. The van der Waals surface area contributed by atoms with Crippen molar-refractivity contribution in [3.8, 4) is 5.75 Å². The number of ether oxygens (including phenoxy) is 1. The molecule has 3 N–H and O–H groups in total. The Labute approximate surface area is 125 Å². The molecule has 0 spiro atoms. The number of nitrogens with zero attached hydrogens (tertiary/aromatic N) is 1. The number of aromatic nitrogens is 1. The molecular weight excluding hydrogens is 323 g/mol. The molecule has 1 aromatic carbocycles. The van der Waals surface area contributed by atoms with Crippen LogP contribution in [0, 0.1) is 0 Å². The van der Waals surface area contributed by atoms with Gasteiger partial charge in [-0.2, -0.15) is 0 Å². The van der Waals surface area contributed by atoms with Crippen LogP contribution in [0.1, 0.15) is 20.8 Å². The Hall–Kier alpha value is -2.62. The molecule has 116 valence electrons.